The molecule has 32 heavy (non-hydrogen) atoms. The van der Waals surface area contributed by atoms with Gasteiger partial charge in [0, 0.05) is 0 Å². The zero-order valence-electron chi connectivity index (χ0n) is 22.3. The molecule has 0 radical (unpaired) electrons. The van der Waals surface area contributed by atoms with Crippen LogP contribution in [0.1, 0.15) is 107 Å². The highest BCUT2D eigenvalue weighted by atomic mass is 16.5. The topological polar surface area (TPSA) is 38.7 Å². The first-order valence-electron chi connectivity index (χ1n) is 13.9. The van der Waals surface area contributed by atoms with Gasteiger partial charge in [0.25, 0.3) is 7.48 Å². The molecule has 1 N–H and O–H groups in total. The molecule has 0 amide bonds. The summed E-state index contributed by atoms with van der Waals surface area (Å²) in [5, 5.41) is 10.5. The smallest absolute Gasteiger partial charge is 0.278 e. The van der Waals surface area contributed by atoms with E-state index in [1.165, 1.54) is 51.4 Å². The van der Waals surface area contributed by atoms with Crippen LogP contribution < -0.4 is 0 Å². The maximum absolute atomic E-state index is 10.5. The van der Waals surface area contributed by atoms with Gasteiger partial charge >= 0.3 is 0 Å². The zero-order chi connectivity index (χ0) is 23.5. The monoisotopic (exact) mass is 446 g/mol. The second kappa shape index (κ2) is 8.87. The molecule has 3 nitrogen and oxygen atoms in total. The van der Waals surface area contributed by atoms with Crippen molar-refractivity contribution in [3.05, 3.63) is 0 Å². The van der Waals surface area contributed by atoms with Crippen LogP contribution in [-0.4, -0.2) is 36.0 Å². The van der Waals surface area contributed by atoms with Gasteiger partial charge in [-0.2, -0.15) is 0 Å². The van der Waals surface area contributed by atoms with Gasteiger partial charge in [-0.05, 0) is 87.3 Å². The van der Waals surface area contributed by atoms with E-state index in [0.717, 1.165) is 43.0 Å². The van der Waals surface area contributed by atoms with Crippen LogP contribution >= 0.6 is 0 Å². The summed E-state index contributed by atoms with van der Waals surface area (Å²) >= 11 is 0. The first-order valence-corrected chi connectivity index (χ1v) is 13.9. The summed E-state index contributed by atoms with van der Waals surface area (Å²) in [6.45, 7) is 17.9. The quantitative estimate of drug-likeness (QED) is 0.481. The Morgan fingerprint density at radius 1 is 1.03 bits per heavy atom. The number of ether oxygens (including phenoxy) is 1. The van der Waals surface area contributed by atoms with Crippen molar-refractivity contribution in [2.24, 2.45) is 40.9 Å². The lowest BCUT2D eigenvalue weighted by Crippen LogP contribution is -2.48. The van der Waals surface area contributed by atoms with Gasteiger partial charge in [-0.15, -0.1) is 0 Å². The Labute approximate surface area is 199 Å². The average Bonchev–Trinajstić information content (AvgIpc) is 3.16. The maximum atomic E-state index is 10.5. The third kappa shape index (κ3) is 4.24. The number of hydrogen-bond donors (Lipinski definition) is 1. The molecule has 0 bridgehead atoms. The first kappa shape index (κ1) is 25.1. The third-order valence-electron chi connectivity index (χ3n) is 11.1. The molecule has 184 valence electrons. The summed E-state index contributed by atoms with van der Waals surface area (Å²) in [4.78, 5) is 0. The van der Waals surface area contributed by atoms with Crippen LogP contribution in [0.25, 0.3) is 0 Å². The predicted molar refractivity (Wildman–Crippen MR) is 134 cm³/mol. The van der Waals surface area contributed by atoms with Crippen molar-refractivity contribution in [1.82, 2.24) is 0 Å². The molecule has 4 rings (SSSR count). The van der Waals surface area contributed by atoms with Gasteiger partial charge in [0.1, 0.15) is 0 Å². The van der Waals surface area contributed by atoms with Crippen molar-refractivity contribution in [1.29, 1.82) is 0 Å². The molecule has 7 unspecified atom stereocenters. The van der Waals surface area contributed by atoms with Crippen molar-refractivity contribution >= 4 is 7.48 Å². The van der Waals surface area contributed by atoms with Gasteiger partial charge < -0.3 is 14.5 Å². The fourth-order valence-electron chi connectivity index (χ4n) is 8.50. The van der Waals surface area contributed by atoms with Gasteiger partial charge in [0.2, 0.25) is 0 Å². The lowest BCUT2D eigenvalue weighted by atomic mass is 9.59. The molecule has 1 saturated heterocycles. The number of fused-ring (bicyclic) bond motifs is 2. The standard InChI is InChI=1S/C28H51BO3/c1-9-21-24(25-17(2)19-12-10-11-13-23(19)31-25)20-15-14-18(16-22(20)26(21,3)4)29-32-28(7,8)27(5,6)30/h17-25,29-30H,9-16H2,1-8H3/t17?,18?,19?,20-,21?,22?,23+,24?,25?/m0/s1. The number of hydrogen-bond acceptors (Lipinski definition) is 3. The minimum absolute atomic E-state index is 0.366. The second-order valence-electron chi connectivity index (χ2n) is 13.7. The SMILES string of the molecule is CCC1C(C2O[C@@H]3CCCCC3C2C)[C@H]2CCC(BOC(C)(C)C(C)(C)O)CC2C1(C)C. The molecule has 9 atom stereocenters. The summed E-state index contributed by atoms with van der Waals surface area (Å²) < 4.78 is 13.3. The molecule has 0 aromatic heterocycles. The molecule has 4 heteroatoms. The van der Waals surface area contributed by atoms with Crippen LogP contribution in [0.15, 0.2) is 0 Å². The van der Waals surface area contributed by atoms with Crippen molar-refractivity contribution < 1.29 is 14.5 Å². The summed E-state index contributed by atoms with van der Waals surface area (Å²) in [7, 11) is 0.776. The molecule has 0 spiro atoms. The highest BCUT2D eigenvalue weighted by Gasteiger charge is 2.60. The van der Waals surface area contributed by atoms with Crippen molar-refractivity contribution in [2.45, 2.75) is 136 Å². The average molecular weight is 447 g/mol. The van der Waals surface area contributed by atoms with Gasteiger partial charge in [0.05, 0.1) is 23.4 Å². The minimum Gasteiger partial charge on any atom is -0.432 e. The number of aliphatic hydroxyl groups is 1. The summed E-state index contributed by atoms with van der Waals surface area (Å²) in [6.07, 6.45) is 11.6. The summed E-state index contributed by atoms with van der Waals surface area (Å²) in [5.74, 6) is 5.21. The Kier molecular flexibility index (Phi) is 6.94. The fourth-order valence-corrected chi connectivity index (χ4v) is 8.50. The minimum atomic E-state index is -0.831. The van der Waals surface area contributed by atoms with Crippen LogP contribution in [0.3, 0.4) is 0 Å². The van der Waals surface area contributed by atoms with Crippen LogP contribution in [0.2, 0.25) is 5.82 Å². The Hall–Kier alpha value is -0.0551. The molecule has 0 aromatic carbocycles. The Balaban J connectivity index is 1.49. The highest BCUT2D eigenvalue weighted by Crippen LogP contribution is 2.64. The van der Waals surface area contributed by atoms with Crippen molar-refractivity contribution in [3.63, 3.8) is 0 Å². The van der Waals surface area contributed by atoms with Crippen LogP contribution in [0.5, 0.6) is 0 Å². The molecule has 3 aliphatic carbocycles. The molecule has 0 aromatic rings. The van der Waals surface area contributed by atoms with Gasteiger partial charge in [-0.25, -0.2) is 0 Å². The van der Waals surface area contributed by atoms with Crippen LogP contribution in [0.4, 0.5) is 0 Å². The van der Waals surface area contributed by atoms with E-state index < -0.39 is 11.2 Å². The van der Waals surface area contributed by atoms with Crippen molar-refractivity contribution in [2.75, 3.05) is 0 Å². The van der Waals surface area contributed by atoms with Crippen LogP contribution in [-0.2, 0) is 9.39 Å². The molecule has 1 heterocycles. The van der Waals surface area contributed by atoms with Gasteiger partial charge in [0.15, 0.2) is 0 Å². The molecule has 3 saturated carbocycles. The summed E-state index contributed by atoms with van der Waals surface area (Å²) in [5.41, 5.74) is -0.986. The lowest BCUT2D eigenvalue weighted by molar-refractivity contribution is -0.0916. The van der Waals surface area contributed by atoms with Gasteiger partial charge in [-0.1, -0.05) is 66.2 Å². The van der Waals surface area contributed by atoms with E-state index in [0.29, 0.717) is 23.4 Å². The molecular weight excluding hydrogens is 395 g/mol. The van der Waals surface area contributed by atoms with Gasteiger partial charge in [-0.3, -0.25) is 0 Å². The molecule has 4 aliphatic rings. The van der Waals surface area contributed by atoms with Crippen LogP contribution in [0, 0.1) is 40.9 Å². The highest BCUT2D eigenvalue weighted by molar-refractivity contribution is 6.29. The molecule has 1 aliphatic heterocycles. The maximum Gasteiger partial charge on any atom is 0.278 e. The molecular formula is C28H51BO3. The van der Waals surface area contributed by atoms with E-state index in [1.54, 1.807) is 0 Å². The second-order valence-corrected chi connectivity index (χ2v) is 13.7. The van der Waals surface area contributed by atoms with E-state index in [-0.39, 0.29) is 0 Å². The number of rotatable bonds is 6. The van der Waals surface area contributed by atoms with Crippen molar-refractivity contribution in [3.8, 4) is 0 Å². The van der Waals surface area contributed by atoms with E-state index in [9.17, 15) is 5.11 Å². The predicted octanol–water partition coefficient (Wildman–Crippen LogP) is 6.38. The first-order chi connectivity index (χ1) is 14.9. The largest absolute Gasteiger partial charge is 0.432 e. The zero-order valence-corrected chi connectivity index (χ0v) is 22.3. The van der Waals surface area contributed by atoms with E-state index >= 15 is 0 Å². The van der Waals surface area contributed by atoms with E-state index in [2.05, 4.69) is 27.7 Å². The van der Waals surface area contributed by atoms with E-state index in [4.69, 9.17) is 9.39 Å². The Morgan fingerprint density at radius 2 is 1.72 bits per heavy atom. The Bertz CT molecular complexity index is 654. The van der Waals surface area contributed by atoms with E-state index in [1.807, 2.05) is 27.7 Å². The Morgan fingerprint density at radius 3 is 2.34 bits per heavy atom. The molecule has 4 fully saturated rings. The fraction of sp³-hybridized carbons (Fsp3) is 1.00. The third-order valence-corrected chi connectivity index (χ3v) is 11.1. The summed E-state index contributed by atoms with van der Waals surface area (Å²) in [6, 6.07) is 0. The normalized spacial score (nSPS) is 44.2. The lowest BCUT2D eigenvalue weighted by Gasteiger charge is -2.42.